The molecular weight excluding hydrogens is 176 g/mol. The average Bonchev–Trinajstić information content (AvgIpc) is 2.15. The molecule has 0 radical (unpaired) electrons. The monoisotopic (exact) mass is 194 g/mol. The summed E-state index contributed by atoms with van der Waals surface area (Å²) in [6.45, 7) is 2.34. The van der Waals surface area contributed by atoms with Crippen molar-refractivity contribution in [3.63, 3.8) is 0 Å². The van der Waals surface area contributed by atoms with E-state index in [1.807, 2.05) is 43.3 Å². The van der Waals surface area contributed by atoms with Crippen LogP contribution in [0, 0.1) is 0 Å². The molecule has 78 valence electrons. The number of rotatable bonds is 4. The molecule has 0 fully saturated rings. The molecule has 14 heavy (non-hydrogen) atoms. The van der Waals surface area contributed by atoms with Gasteiger partial charge in [0.25, 0.3) is 0 Å². The van der Waals surface area contributed by atoms with Crippen molar-refractivity contribution in [1.82, 2.24) is 0 Å². The van der Waals surface area contributed by atoms with E-state index in [1.165, 1.54) is 0 Å². The van der Waals surface area contributed by atoms with E-state index < -0.39 is 0 Å². The molecule has 1 rings (SSSR count). The second kappa shape index (κ2) is 4.86. The summed E-state index contributed by atoms with van der Waals surface area (Å²) < 4.78 is 0. The second-order valence-corrected chi connectivity index (χ2v) is 3.64. The van der Waals surface area contributed by atoms with E-state index in [0.29, 0.717) is 6.54 Å². The van der Waals surface area contributed by atoms with Crippen LogP contribution in [-0.2, 0) is 0 Å². The number of aliphatic hydroxyl groups is 1. The van der Waals surface area contributed by atoms with Gasteiger partial charge in [-0.3, -0.25) is 0 Å². The number of benzene rings is 1. The Bertz CT molecular complexity index is 284. The van der Waals surface area contributed by atoms with E-state index in [0.717, 1.165) is 11.4 Å². The van der Waals surface area contributed by atoms with Gasteiger partial charge in [-0.2, -0.15) is 0 Å². The van der Waals surface area contributed by atoms with Gasteiger partial charge in [-0.05, 0) is 19.1 Å². The van der Waals surface area contributed by atoms with E-state index in [-0.39, 0.29) is 6.10 Å². The summed E-state index contributed by atoms with van der Waals surface area (Å²) in [6, 6.07) is 8.04. The molecule has 1 aromatic carbocycles. The van der Waals surface area contributed by atoms with Crippen molar-refractivity contribution >= 4 is 11.4 Å². The Morgan fingerprint density at radius 3 is 2.57 bits per heavy atom. The lowest BCUT2D eigenvalue weighted by molar-refractivity contribution is 0.208. The number of anilines is 2. The number of hydrogen-bond acceptors (Lipinski definition) is 3. The summed E-state index contributed by atoms with van der Waals surface area (Å²) in [5, 5.41) is 12.4. The number of hydrogen-bond donors (Lipinski definition) is 2. The molecule has 1 atom stereocenters. The van der Waals surface area contributed by atoms with Gasteiger partial charge >= 0.3 is 0 Å². The molecule has 0 saturated heterocycles. The Morgan fingerprint density at radius 2 is 2.00 bits per heavy atom. The molecule has 0 saturated carbocycles. The van der Waals surface area contributed by atoms with Gasteiger partial charge in [-0.25, -0.2) is 0 Å². The Balaban J connectivity index is 2.74. The van der Waals surface area contributed by atoms with Crippen molar-refractivity contribution in [3.05, 3.63) is 24.3 Å². The molecule has 0 aliphatic heterocycles. The Labute approximate surface area is 85.4 Å². The van der Waals surface area contributed by atoms with E-state index in [4.69, 9.17) is 5.11 Å². The summed E-state index contributed by atoms with van der Waals surface area (Å²) in [7, 11) is 4.01. The van der Waals surface area contributed by atoms with Crippen molar-refractivity contribution < 1.29 is 5.11 Å². The van der Waals surface area contributed by atoms with E-state index in [9.17, 15) is 0 Å². The number of nitrogens with one attached hydrogen (secondary N) is 1. The lowest BCUT2D eigenvalue weighted by atomic mass is 10.2. The van der Waals surface area contributed by atoms with Crippen molar-refractivity contribution in [1.29, 1.82) is 0 Å². The summed E-state index contributed by atoms with van der Waals surface area (Å²) in [5.74, 6) is 0. The van der Waals surface area contributed by atoms with Crippen LogP contribution in [0.25, 0.3) is 0 Å². The van der Waals surface area contributed by atoms with Crippen molar-refractivity contribution in [3.8, 4) is 0 Å². The maximum Gasteiger partial charge on any atom is 0.0684 e. The van der Waals surface area contributed by atoms with Crippen molar-refractivity contribution in [2.45, 2.75) is 13.0 Å². The zero-order chi connectivity index (χ0) is 10.6. The first-order chi connectivity index (χ1) is 6.61. The van der Waals surface area contributed by atoms with Gasteiger partial charge in [-0.15, -0.1) is 0 Å². The number of nitrogens with zero attached hydrogens (tertiary/aromatic N) is 1. The largest absolute Gasteiger partial charge is 0.392 e. The third kappa shape index (κ3) is 2.92. The van der Waals surface area contributed by atoms with Crippen LogP contribution in [0.4, 0.5) is 11.4 Å². The fourth-order valence-corrected chi connectivity index (χ4v) is 1.27. The second-order valence-electron chi connectivity index (χ2n) is 3.64. The van der Waals surface area contributed by atoms with Crippen molar-refractivity contribution in [2.75, 3.05) is 30.9 Å². The van der Waals surface area contributed by atoms with Gasteiger partial charge in [0.2, 0.25) is 0 Å². The fraction of sp³-hybridized carbons (Fsp3) is 0.455. The lowest BCUT2D eigenvalue weighted by Gasteiger charge is -2.18. The molecule has 2 N–H and O–H groups in total. The molecule has 0 heterocycles. The molecule has 0 aromatic heterocycles. The molecule has 0 aliphatic rings. The van der Waals surface area contributed by atoms with E-state index in [2.05, 4.69) is 5.32 Å². The standard InChI is InChI=1S/C11H18N2O/c1-9(14)8-12-10-6-4-5-7-11(10)13(2)3/h4-7,9,12,14H,8H2,1-3H3. The van der Waals surface area contributed by atoms with Gasteiger partial charge in [0.05, 0.1) is 17.5 Å². The predicted molar refractivity (Wildman–Crippen MR) is 60.9 cm³/mol. The molecule has 3 nitrogen and oxygen atoms in total. The van der Waals surface area contributed by atoms with Crippen LogP contribution in [0.15, 0.2) is 24.3 Å². The molecule has 3 heteroatoms. The number of para-hydroxylation sites is 2. The molecule has 0 bridgehead atoms. The zero-order valence-electron chi connectivity index (χ0n) is 8.99. The highest BCUT2D eigenvalue weighted by Crippen LogP contribution is 2.22. The minimum absolute atomic E-state index is 0.329. The highest BCUT2D eigenvalue weighted by atomic mass is 16.3. The van der Waals surface area contributed by atoms with Crippen LogP contribution in [-0.4, -0.2) is 31.9 Å². The van der Waals surface area contributed by atoms with Gasteiger partial charge in [0.1, 0.15) is 0 Å². The highest BCUT2D eigenvalue weighted by Gasteiger charge is 2.03. The van der Waals surface area contributed by atoms with E-state index >= 15 is 0 Å². The van der Waals surface area contributed by atoms with Crippen LogP contribution >= 0.6 is 0 Å². The zero-order valence-corrected chi connectivity index (χ0v) is 8.99. The van der Waals surface area contributed by atoms with Crippen LogP contribution in [0.1, 0.15) is 6.92 Å². The Hall–Kier alpha value is -1.22. The average molecular weight is 194 g/mol. The summed E-state index contributed by atoms with van der Waals surface area (Å²) in [5.41, 5.74) is 2.19. The first kappa shape index (κ1) is 10.9. The Kier molecular flexibility index (Phi) is 3.77. The molecule has 0 amide bonds. The molecule has 1 unspecified atom stereocenters. The topological polar surface area (TPSA) is 35.5 Å². The first-order valence-electron chi connectivity index (χ1n) is 4.79. The van der Waals surface area contributed by atoms with Gasteiger partial charge in [-0.1, -0.05) is 12.1 Å². The Morgan fingerprint density at radius 1 is 1.36 bits per heavy atom. The minimum atomic E-state index is -0.329. The third-order valence-electron chi connectivity index (χ3n) is 1.97. The summed E-state index contributed by atoms with van der Waals surface area (Å²) in [6.07, 6.45) is -0.329. The first-order valence-corrected chi connectivity index (χ1v) is 4.79. The van der Waals surface area contributed by atoms with Gasteiger partial charge in [0.15, 0.2) is 0 Å². The van der Waals surface area contributed by atoms with Crippen LogP contribution in [0.2, 0.25) is 0 Å². The van der Waals surface area contributed by atoms with Crippen molar-refractivity contribution in [2.24, 2.45) is 0 Å². The smallest absolute Gasteiger partial charge is 0.0684 e. The van der Waals surface area contributed by atoms with Crippen LogP contribution in [0.5, 0.6) is 0 Å². The molecule has 1 aromatic rings. The predicted octanol–water partition coefficient (Wildman–Crippen LogP) is 1.55. The maximum atomic E-state index is 9.17. The summed E-state index contributed by atoms with van der Waals surface area (Å²) in [4.78, 5) is 2.05. The molecule has 0 aliphatic carbocycles. The lowest BCUT2D eigenvalue weighted by Crippen LogP contribution is -2.18. The SMILES string of the molecule is CC(O)CNc1ccccc1N(C)C. The third-order valence-corrected chi connectivity index (χ3v) is 1.97. The normalized spacial score (nSPS) is 12.3. The van der Waals surface area contributed by atoms with Crippen LogP contribution in [0.3, 0.4) is 0 Å². The van der Waals surface area contributed by atoms with E-state index in [1.54, 1.807) is 6.92 Å². The molecular formula is C11H18N2O. The highest BCUT2D eigenvalue weighted by molar-refractivity contribution is 5.69. The number of aliphatic hydroxyl groups excluding tert-OH is 1. The quantitative estimate of drug-likeness (QED) is 0.763. The molecule has 0 spiro atoms. The fourth-order valence-electron chi connectivity index (χ4n) is 1.27. The van der Waals surface area contributed by atoms with Gasteiger partial charge < -0.3 is 15.3 Å². The van der Waals surface area contributed by atoms with Gasteiger partial charge in [0, 0.05) is 20.6 Å². The van der Waals surface area contributed by atoms with Crippen LogP contribution < -0.4 is 10.2 Å². The maximum absolute atomic E-state index is 9.17. The summed E-state index contributed by atoms with van der Waals surface area (Å²) >= 11 is 0. The minimum Gasteiger partial charge on any atom is -0.392 e.